The van der Waals surface area contributed by atoms with E-state index in [1.165, 1.54) is 43.8 Å². The monoisotopic (exact) mass is 1070 g/mol. The smallest absolute Gasteiger partial charge is 0.274 e. The summed E-state index contributed by atoms with van der Waals surface area (Å²) in [5, 5.41) is 10.7. The summed E-state index contributed by atoms with van der Waals surface area (Å²) < 4.78 is 63.7. The fraction of sp³-hybridized carbons (Fsp3) is 0.382. The highest BCUT2D eigenvalue weighted by molar-refractivity contribution is 6.02. The van der Waals surface area contributed by atoms with Crippen LogP contribution in [0.15, 0.2) is 88.7 Å². The van der Waals surface area contributed by atoms with E-state index < -0.39 is 86.2 Å². The summed E-state index contributed by atoms with van der Waals surface area (Å²) in [5.74, 6) is -7.58. The molecular weight excluding hydrogens is 1020 g/mol. The molecule has 2 spiro atoms. The van der Waals surface area contributed by atoms with Crippen LogP contribution in [0.4, 0.5) is 17.6 Å². The minimum absolute atomic E-state index is 0. The summed E-state index contributed by atoms with van der Waals surface area (Å²) in [5.41, 5.74) is -3.22. The Morgan fingerprint density at radius 1 is 0.645 bits per heavy atom. The zero-order valence-corrected chi connectivity index (χ0v) is 43.5. The van der Waals surface area contributed by atoms with Crippen molar-refractivity contribution in [3.63, 3.8) is 0 Å². The van der Waals surface area contributed by atoms with Crippen LogP contribution in [-0.2, 0) is 40.1 Å². The van der Waals surface area contributed by atoms with Gasteiger partial charge in [-0.2, -0.15) is 0 Å². The molecule has 0 saturated heterocycles. The van der Waals surface area contributed by atoms with Crippen molar-refractivity contribution in [2.75, 3.05) is 54.4 Å². The summed E-state index contributed by atoms with van der Waals surface area (Å²) >= 11 is 0. The number of hydrogen-bond acceptors (Lipinski definition) is 10. The first kappa shape index (κ1) is 56.1. The molecule has 0 radical (unpaired) electrons. The van der Waals surface area contributed by atoms with E-state index >= 15 is 0 Å². The lowest BCUT2D eigenvalue weighted by Gasteiger charge is -2.37. The minimum atomic E-state index is -0.992. The van der Waals surface area contributed by atoms with E-state index in [1.54, 1.807) is 44.6 Å². The van der Waals surface area contributed by atoms with Crippen molar-refractivity contribution in [1.82, 2.24) is 28.7 Å². The number of benzene rings is 3. The number of fused-ring (bicyclic) bond motifs is 4. The van der Waals surface area contributed by atoms with E-state index in [0.29, 0.717) is 32.0 Å². The molecule has 16 nitrogen and oxygen atoms in total. The fourth-order valence-corrected chi connectivity index (χ4v) is 10.3. The number of pyridine rings is 2. The van der Waals surface area contributed by atoms with Crippen LogP contribution >= 0.6 is 12.4 Å². The average molecular weight is 1070 g/mol. The van der Waals surface area contributed by atoms with E-state index in [-0.39, 0.29) is 109 Å². The highest BCUT2D eigenvalue weighted by Crippen LogP contribution is 2.56. The maximum absolute atomic E-state index is 14.2. The van der Waals surface area contributed by atoms with Gasteiger partial charge in [-0.25, -0.2) is 17.6 Å². The molecule has 1 N–H and O–H groups in total. The zero-order chi connectivity index (χ0) is 54.4. The lowest BCUT2D eigenvalue weighted by Crippen LogP contribution is -2.50. The standard InChI is InChI=1S/C31H31F2N3O5.C24H25F2N3O5.ClH/c1-4-35-18-31(15-23(31)29(39)34(2)3)36-16-22(25(37)13-11-20-10-12-21(32)14-24(20)33)27(38)28(26(36)30(35)40)41-17-19-8-6-5-7-9-19;1-4-28-12-24(10-16(24)22(33)27(2)3)29-11-15(20(31)21(32)19(29)23(28)34)18(30)8-6-13-5-7-14(25)9-17(13)26;/h5-10,12,14,16,23H,4,11,13,15,17-18H2,1-3H3;5,7,9,11,16,32H,4,6,8,10,12H2,1-3H3;1H/t23-,31-;16-,24-;/m11./s1. The van der Waals surface area contributed by atoms with Crippen molar-refractivity contribution < 1.29 is 56.2 Å². The number of likely N-dealkylation sites (N-methyl/N-ethyl adjacent to an activating group) is 2. The number of aromatic nitrogens is 2. The molecular formula is C55H57ClF4N6O10. The lowest BCUT2D eigenvalue weighted by atomic mass is 9.99. The maximum atomic E-state index is 14.2. The van der Waals surface area contributed by atoms with Crippen molar-refractivity contribution >= 4 is 47.6 Å². The Morgan fingerprint density at radius 3 is 1.51 bits per heavy atom. The quantitative estimate of drug-likeness (QED) is 0.0942. The number of hydrogen-bond donors (Lipinski definition) is 1. The SMILES string of the molecule is CCN1C[C@@]2(C[C@@H]2C(=O)N(C)C)n2cc(C(=O)CCc3ccc(F)cc3F)c(=O)c(O)c2C1=O.CCN1C[C@@]2(C[C@@H]2C(=O)N(C)C)n2cc(C(=O)CCc3ccc(F)cc3F)c(=O)c(OCc3ccccc3)c2C1=O.Cl. The number of rotatable bonds is 15. The molecule has 4 amide bonds. The number of carbonyl (C=O) groups is 6. The Bertz CT molecular complexity index is 3300. The summed E-state index contributed by atoms with van der Waals surface area (Å²) in [4.78, 5) is 111. The first-order valence-corrected chi connectivity index (χ1v) is 24.5. The number of ether oxygens (including phenoxy) is 1. The van der Waals surface area contributed by atoms with Gasteiger partial charge in [0.15, 0.2) is 34.5 Å². The third kappa shape index (κ3) is 10.4. The van der Waals surface area contributed by atoms with Gasteiger partial charge in [0.05, 0.1) is 34.0 Å². The van der Waals surface area contributed by atoms with Crippen LogP contribution in [0.1, 0.15) is 97.9 Å². The fourth-order valence-electron chi connectivity index (χ4n) is 10.3. The number of aromatic hydroxyl groups is 1. The molecule has 3 aromatic carbocycles. The Kier molecular flexibility index (Phi) is 16.2. The molecule has 2 aliphatic carbocycles. The molecule has 5 aromatic rings. The van der Waals surface area contributed by atoms with E-state index in [1.807, 2.05) is 37.3 Å². The number of amides is 4. The number of aryl methyl sites for hydroxylation is 2. The van der Waals surface area contributed by atoms with E-state index in [0.717, 1.165) is 23.8 Å². The van der Waals surface area contributed by atoms with Gasteiger partial charge in [0.25, 0.3) is 11.8 Å². The Hall–Kier alpha value is -7.61. The number of Topliss-reactive ketones (excluding diaryl/α,β-unsaturated/α-hetero) is 2. The van der Waals surface area contributed by atoms with Crippen LogP contribution in [0.5, 0.6) is 11.5 Å². The van der Waals surface area contributed by atoms with Crippen LogP contribution < -0.4 is 15.6 Å². The van der Waals surface area contributed by atoms with Gasteiger partial charge >= 0.3 is 0 Å². The molecule has 2 fully saturated rings. The maximum Gasteiger partial charge on any atom is 0.274 e. The van der Waals surface area contributed by atoms with E-state index in [4.69, 9.17) is 4.74 Å². The molecule has 76 heavy (non-hydrogen) atoms. The second-order valence-electron chi connectivity index (χ2n) is 19.8. The summed E-state index contributed by atoms with van der Waals surface area (Å²) in [6.45, 7) is 4.69. The second kappa shape index (κ2) is 21.9. The molecule has 4 heterocycles. The third-order valence-electron chi connectivity index (χ3n) is 14.6. The second-order valence-corrected chi connectivity index (χ2v) is 19.8. The topological polar surface area (TPSA) is 189 Å². The van der Waals surface area contributed by atoms with Crippen molar-refractivity contribution in [3.8, 4) is 11.5 Å². The Morgan fingerprint density at radius 2 is 1.08 bits per heavy atom. The van der Waals surface area contributed by atoms with Gasteiger partial charge in [-0.15, -0.1) is 12.4 Å². The molecule has 2 saturated carbocycles. The van der Waals surface area contributed by atoms with Gasteiger partial charge in [0.2, 0.25) is 22.7 Å². The number of carbonyl (C=O) groups excluding carboxylic acids is 6. The molecule has 4 atom stereocenters. The van der Waals surface area contributed by atoms with Gasteiger partial charge < -0.3 is 38.6 Å². The summed E-state index contributed by atoms with van der Waals surface area (Å²) in [6, 6.07) is 15.2. The van der Waals surface area contributed by atoms with Gasteiger partial charge in [0.1, 0.15) is 29.9 Å². The third-order valence-corrected chi connectivity index (χ3v) is 14.6. The van der Waals surface area contributed by atoms with Gasteiger partial charge in [-0.1, -0.05) is 42.5 Å². The molecule has 2 aromatic heterocycles. The van der Waals surface area contributed by atoms with Crippen LogP contribution in [0.3, 0.4) is 0 Å². The predicted molar refractivity (Wildman–Crippen MR) is 272 cm³/mol. The Balaban J connectivity index is 0.000000222. The predicted octanol–water partition coefficient (Wildman–Crippen LogP) is 6.15. The normalized spacial score (nSPS) is 19.7. The summed E-state index contributed by atoms with van der Waals surface area (Å²) in [6.07, 6.45) is 2.80. The molecule has 9 rings (SSSR count). The number of halogens is 5. The molecule has 0 bridgehead atoms. The highest BCUT2D eigenvalue weighted by atomic mass is 35.5. The average Bonchev–Trinajstić information content (AvgIpc) is 4.30. The first-order valence-electron chi connectivity index (χ1n) is 24.5. The van der Waals surface area contributed by atoms with Crippen molar-refractivity contribution in [2.45, 2.75) is 70.1 Å². The molecule has 402 valence electrons. The zero-order valence-electron chi connectivity index (χ0n) is 42.7. The molecule has 0 unspecified atom stereocenters. The highest BCUT2D eigenvalue weighted by Gasteiger charge is 2.65. The first-order chi connectivity index (χ1) is 35.6. The van der Waals surface area contributed by atoms with E-state index in [9.17, 15) is 61.0 Å². The van der Waals surface area contributed by atoms with E-state index in [2.05, 4.69) is 0 Å². The largest absolute Gasteiger partial charge is 0.503 e. The van der Waals surface area contributed by atoms with Crippen LogP contribution in [0.25, 0.3) is 0 Å². The van der Waals surface area contributed by atoms with Crippen LogP contribution in [0.2, 0.25) is 0 Å². The lowest BCUT2D eigenvalue weighted by molar-refractivity contribution is -0.131. The number of ketones is 2. The number of nitrogens with zero attached hydrogens (tertiary/aromatic N) is 6. The van der Waals surface area contributed by atoms with Crippen LogP contribution in [0, 0.1) is 35.1 Å². The van der Waals surface area contributed by atoms with Crippen molar-refractivity contribution in [2.24, 2.45) is 11.8 Å². The summed E-state index contributed by atoms with van der Waals surface area (Å²) in [7, 11) is 6.55. The van der Waals surface area contributed by atoms with Crippen LogP contribution in [-0.4, -0.2) is 123 Å². The van der Waals surface area contributed by atoms with Crippen molar-refractivity contribution in [3.05, 3.63) is 162 Å². The van der Waals surface area contributed by atoms with Gasteiger partial charge in [0, 0.05) is 91.7 Å². The molecule has 4 aliphatic rings. The minimum Gasteiger partial charge on any atom is -0.503 e. The van der Waals surface area contributed by atoms with Gasteiger partial charge in [-0.3, -0.25) is 38.4 Å². The molecule has 2 aliphatic heterocycles. The van der Waals surface area contributed by atoms with Gasteiger partial charge in [-0.05, 0) is 68.4 Å². The Labute approximate surface area is 440 Å². The molecule has 21 heteroatoms. The van der Waals surface area contributed by atoms with Crippen molar-refractivity contribution in [1.29, 1.82) is 0 Å².